The maximum Gasteiger partial charge on any atom is 0.144 e. The number of rotatable bonds is 9. The number of benzene rings is 1. The second-order valence-corrected chi connectivity index (χ2v) is 8.80. The van der Waals surface area contributed by atoms with Gasteiger partial charge in [-0.1, -0.05) is 67.7 Å². The van der Waals surface area contributed by atoms with Gasteiger partial charge in [-0.25, -0.2) is 0 Å². The van der Waals surface area contributed by atoms with Gasteiger partial charge in [0.05, 0.1) is 0 Å². The molecule has 1 aromatic rings. The molecule has 2 N–H and O–H groups in total. The quantitative estimate of drug-likeness (QED) is 0.386. The van der Waals surface area contributed by atoms with E-state index in [4.69, 9.17) is 9.90 Å². The number of carbonyl (C=O) groups is 3. The summed E-state index contributed by atoms with van der Waals surface area (Å²) in [5.74, 6) is 0.330. The monoisotopic (exact) mass is 465 g/mol. The van der Waals surface area contributed by atoms with Crippen molar-refractivity contribution < 1.29 is 19.5 Å². The molecule has 34 heavy (non-hydrogen) atoms. The van der Waals surface area contributed by atoms with E-state index in [0.717, 1.165) is 36.9 Å². The Morgan fingerprint density at radius 2 is 1.74 bits per heavy atom. The van der Waals surface area contributed by atoms with E-state index in [1.807, 2.05) is 31.9 Å². The highest BCUT2D eigenvalue weighted by Gasteiger charge is 2.50. The first-order valence-corrected chi connectivity index (χ1v) is 11.6. The van der Waals surface area contributed by atoms with Gasteiger partial charge in [0.1, 0.15) is 18.4 Å². The molecule has 5 atom stereocenters. The lowest BCUT2D eigenvalue weighted by atomic mass is 9.74. The average Bonchev–Trinajstić information content (AvgIpc) is 3.47. The summed E-state index contributed by atoms with van der Waals surface area (Å²) < 4.78 is 0. The van der Waals surface area contributed by atoms with Crippen LogP contribution >= 0.6 is 0 Å². The third-order valence-electron chi connectivity index (χ3n) is 6.62. The van der Waals surface area contributed by atoms with Crippen LogP contribution in [0.1, 0.15) is 44.2 Å². The molecule has 0 saturated heterocycles. The summed E-state index contributed by atoms with van der Waals surface area (Å²) in [6, 6.07) is 6.21. The maximum absolute atomic E-state index is 13.4. The van der Waals surface area contributed by atoms with Crippen molar-refractivity contribution in [1.82, 2.24) is 0 Å². The van der Waals surface area contributed by atoms with Crippen molar-refractivity contribution in [2.45, 2.75) is 40.0 Å². The Balaban J connectivity index is 0.00000137. The minimum atomic E-state index is -0.206. The predicted molar refractivity (Wildman–Crippen MR) is 140 cm³/mol. The zero-order valence-corrected chi connectivity index (χ0v) is 21.1. The van der Waals surface area contributed by atoms with Gasteiger partial charge in [-0.2, -0.15) is 0 Å². The van der Waals surface area contributed by atoms with Gasteiger partial charge in [-0.3, -0.25) is 9.59 Å². The highest BCUT2D eigenvalue weighted by molar-refractivity contribution is 5.94. The number of hydrogen-bond acceptors (Lipinski definition) is 5. The first kappa shape index (κ1) is 29.0. The van der Waals surface area contributed by atoms with Gasteiger partial charge in [0.2, 0.25) is 0 Å². The number of anilines is 1. The van der Waals surface area contributed by atoms with E-state index in [1.54, 1.807) is 13.0 Å². The molecule has 0 heterocycles. The summed E-state index contributed by atoms with van der Waals surface area (Å²) in [4.78, 5) is 33.6. The van der Waals surface area contributed by atoms with E-state index >= 15 is 0 Å². The van der Waals surface area contributed by atoms with E-state index in [-0.39, 0.29) is 41.2 Å². The van der Waals surface area contributed by atoms with Crippen molar-refractivity contribution >= 4 is 24.0 Å². The number of ketones is 2. The molecule has 0 aromatic heterocycles. The van der Waals surface area contributed by atoms with Crippen LogP contribution < -0.4 is 5.32 Å². The van der Waals surface area contributed by atoms with Gasteiger partial charge in [0.15, 0.2) is 0 Å². The number of fused-ring (bicyclic) bond motifs is 2. The number of aryl methyl sites for hydroxylation is 1. The molecule has 3 rings (SSSR count). The van der Waals surface area contributed by atoms with E-state index in [9.17, 15) is 9.59 Å². The van der Waals surface area contributed by atoms with Crippen molar-refractivity contribution in [2.24, 2.45) is 23.7 Å². The lowest BCUT2D eigenvalue weighted by molar-refractivity contribution is -0.132. The molecule has 5 heteroatoms. The number of Topliss-reactive ketones (excluding diaryl/α,β-unsaturated/α-hetero) is 2. The highest BCUT2D eigenvalue weighted by atomic mass is 16.2. The van der Waals surface area contributed by atoms with E-state index < -0.39 is 0 Å². The van der Waals surface area contributed by atoms with E-state index in [1.165, 1.54) is 5.57 Å². The summed E-state index contributed by atoms with van der Waals surface area (Å²) in [5.41, 5.74) is 4.44. The second-order valence-electron chi connectivity index (χ2n) is 8.80. The first-order valence-electron chi connectivity index (χ1n) is 11.6. The number of carbonyl (C=O) groups excluding carboxylic acids is 3. The summed E-state index contributed by atoms with van der Waals surface area (Å²) >= 11 is 0. The Morgan fingerprint density at radius 1 is 1.12 bits per heavy atom. The molecule has 1 aromatic carbocycles. The van der Waals surface area contributed by atoms with Crippen molar-refractivity contribution in [1.29, 1.82) is 0 Å². The minimum absolute atomic E-state index is 0.137. The van der Waals surface area contributed by atoms with Crippen LogP contribution in [0.3, 0.4) is 0 Å². The number of allylic oxidation sites excluding steroid dienone is 6. The number of nitrogens with one attached hydrogen (secondary N) is 1. The second kappa shape index (κ2) is 14.3. The van der Waals surface area contributed by atoms with Crippen LogP contribution in [-0.2, 0) is 14.4 Å². The summed E-state index contributed by atoms with van der Waals surface area (Å²) in [5, 5.41) is 10.5. The minimum Gasteiger partial charge on any atom is -0.400 e. The molecule has 5 nitrogen and oxygen atoms in total. The van der Waals surface area contributed by atoms with Crippen molar-refractivity contribution in [3.63, 3.8) is 0 Å². The smallest absolute Gasteiger partial charge is 0.144 e. The Bertz CT molecular complexity index is 943. The SMILES string of the molecule is C=C/C=C\C=C(/C)CNc1ccc(C(C)C(=O)C2C3C=CC(C3)C2C(C)=O)cc1C.C=O.CO. The molecular formula is C29H39NO4. The normalized spacial score (nSPS) is 23.4. The predicted octanol–water partition coefficient (Wildman–Crippen LogP) is 5.22. The number of hydrogen-bond donors (Lipinski definition) is 2. The van der Waals surface area contributed by atoms with E-state index in [0.29, 0.717) is 0 Å². The van der Waals surface area contributed by atoms with Crippen molar-refractivity contribution in [3.05, 3.63) is 77.9 Å². The van der Waals surface area contributed by atoms with Gasteiger partial charge in [-0.15, -0.1) is 0 Å². The first-order chi connectivity index (χ1) is 16.3. The van der Waals surface area contributed by atoms with Crippen molar-refractivity contribution in [2.75, 3.05) is 19.0 Å². The zero-order chi connectivity index (χ0) is 25.8. The van der Waals surface area contributed by atoms with Crippen LogP contribution in [0, 0.1) is 30.6 Å². The third kappa shape index (κ3) is 6.97. The molecule has 0 radical (unpaired) electrons. The summed E-state index contributed by atoms with van der Waals surface area (Å²) in [7, 11) is 1.00. The fourth-order valence-corrected chi connectivity index (χ4v) is 4.96. The summed E-state index contributed by atoms with van der Waals surface area (Å²) in [6.07, 6.45) is 12.9. The van der Waals surface area contributed by atoms with Gasteiger partial charge in [0.25, 0.3) is 0 Å². The maximum atomic E-state index is 13.4. The van der Waals surface area contributed by atoms with Gasteiger partial charge in [-0.05, 0) is 56.2 Å². The Labute approximate surface area is 204 Å². The van der Waals surface area contributed by atoms with Crippen LogP contribution in [0.15, 0.2) is 66.8 Å². The lowest BCUT2D eigenvalue weighted by Crippen LogP contribution is -2.34. The fourth-order valence-electron chi connectivity index (χ4n) is 4.96. The Kier molecular flexibility index (Phi) is 12.2. The molecule has 1 fully saturated rings. The van der Waals surface area contributed by atoms with Crippen LogP contribution in [0.5, 0.6) is 0 Å². The molecular weight excluding hydrogens is 426 g/mol. The molecule has 2 aliphatic rings. The largest absolute Gasteiger partial charge is 0.400 e. The van der Waals surface area contributed by atoms with Gasteiger partial charge in [0, 0.05) is 37.1 Å². The standard InChI is InChI=1S/C27H33NO2.CH4O.CH2O/c1-6-7-8-9-17(2)16-28-24-13-12-21(14-18(24)3)19(4)27(30)26-23-11-10-22(15-23)25(26)20(5)29;2*1-2/h6-14,19,22-23,25-26,28H,1,15-16H2,2-5H3;2H,1H3;1H2/b8-7-,17-9+;;. The number of aliphatic hydroxyl groups is 1. The van der Waals surface area contributed by atoms with Gasteiger partial charge >= 0.3 is 0 Å². The molecule has 184 valence electrons. The topological polar surface area (TPSA) is 83.5 Å². The van der Waals surface area contributed by atoms with Gasteiger partial charge < -0.3 is 15.2 Å². The third-order valence-corrected chi connectivity index (χ3v) is 6.62. The molecule has 2 aliphatic carbocycles. The van der Waals surface area contributed by atoms with Crippen molar-refractivity contribution in [3.8, 4) is 0 Å². The molecule has 5 unspecified atom stereocenters. The van der Waals surface area contributed by atoms with E-state index in [2.05, 4.69) is 56.1 Å². The average molecular weight is 466 g/mol. The summed E-state index contributed by atoms with van der Waals surface area (Å²) in [6.45, 7) is 14.2. The van der Waals surface area contributed by atoms with Crippen LogP contribution in [0.4, 0.5) is 5.69 Å². The van der Waals surface area contributed by atoms with Crippen LogP contribution in [-0.4, -0.2) is 37.1 Å². The Morgan fingerprint density at radius 3 is 2.29 bits per heavy atom. The molecule has 2 bridgehead atoms. The molecule has 0 amide bonds. The molecule has 1 saturated carbocycles. The van der Waals surface area contributed by atoms with Crippen LogP contribution in [0.25, 0.3) is 0 Å². The lowest BCUT2D eigenvalue weighted by Gasteiger charge is -2.27. The Hall–Kier alpha value is -3.05. The fraction of sp³-hybridized carbons (Fsp3) is 0.414. The zero-order valence-electron chi connectivity index (χ0n) is 21.1. The molecule has 0 aliphatic heterocycles. The van der Waals surface area contributed by atoms with Crippen LogP contribution in [0.2, 0.25) is 0 Å². The number of aliphatic hydroxyl groups excluding tert-OH is 1. The molecule has 0 spiro atoms. The highest BCUT2D eigenvalue weighted by Crippen LogP contribution is 2.50.